The summed E-state index contributed by atoms with van der Waals surface area (Å²) in [7, 11) is 0. The van der Waals surface area contributed by atoms with E-state index >= 15 is 0 Å². The molecule has 0 unspecified atom stereocenters. The van der Waals surface area contributed by atoms with Crippen LogP contribution in [0.2, 0.25) is 0 Å². The highest BCUT2D eigenvalue weighted by Crippen LogP contribution is 2.26. The van der Waals surface area contributed by atoms with Gasteiger partial charge in [0.15, 0.2) is 0 Å². The maximum Gasteiger partial charge on any atom is 0.122 e. The molecular weight excluding hydrogens is 250 g/mol. The van der Waals surface area contributed by atoms with Gasteiger partial charge in [0.05, 0.1) is 6.61 Å². The molecule has 0 aliphatic rings. The second-order valence-electron chi connectivity index (χ2n) is 4.14. The second kappa shape index (κ2) is 8.24. The standard InChI is InChI=1S/C13H21NO3S/c1-18-8-6-10(9-15)14-7-5-11-12(16)3-2-4-13(11)17/h2-4,10,14-17H,5-9H2,1H3/t10-/m0/s1. The maximum atomic E-state index is 9.61. The first kappa shape index (κ1) is 15.1. The van der Waals surface area contributed by atoms with Gasteiger partial charge in [-0.2, -0.15) is 11.8 Å². The summed E-state index contributed by atoms with van der Waals surface area (Å²) in [6, 6.07) is 4.81. The Labute approximate surface area is 112 Å². The van der Waals surface area contributed by atoms with Crippen molar-refractivity contribution in [3.8, 4) is 11.5 Å². The van der Waals surface area contributed by atoms with Gasteiger partial charge < -0.3 is 20.6 Å². The van der Waals surface area contributed by atoms with Crippen LogP contribution in [-0.2, 0) is 6.42 Å². The van der Waals surface area contributed by atoms with E-state index < -0.39 is 0 Å². The molecule has 5 heteroatoms. The fraction of sp³-hybridized carbons (Fsp3) is 0.538. The molecule has 0 aromatic heterocycles. The number of aliphatic hydroxyl groups excluding tert-OH is 1. The van der Waals surface area contributed by atoms with Crippen molar-refractivity contribution < 1.29 is 15.3 Å². The zero-order chi connectivity index (χ0) is 13.4. The third kappa shape index (κ3) is 4.76. The quantitative estimate of drug-likeness (QED) is 0.574. The summed E-state index contributed by atoms with van der Waals surface area (Å²) in [4.78, 5) is 0. The van der Waals surface area contributed by atoms with Gasteiger partial charge in [-0.15, -0.1) is 0 Å². The van der Waals surface area contributed by atoms with Crippen LogP contribution >= 0.6 is 11.8 Å². The molecule has 1 aromatic carbocycles. The Bertz CT molecular complexity index is 340. The molecule has 0 aliphatic heterocycles. The molecule has 0 spiro atoms. The minimum atomic E-state index is 0.0745. The molecule has 0 radical (unpaired) electrons. The van der Waals surface area contributed by atoms with Crippen molar-refractivity contribution in [3.05, 3.63) is 23.8 Å². The first-order valence-electron chi connectivity index (χ1n) is 6.02. The number of hydrogen-bond donors (Lipinski definition) is 4. The van der Waals surface area contributed by atoms with Crippen molar-refractivity contribution in [1.29, 1.82) is 0 Å². The lowest BCUT2D eigenvalue weighted by molar-refractivity contribution is 0.240. The number of nitrogens with one attached hydrogen (secondary N) is 1. The molecule has 1 aromatic rings. The van der Waals surface area contributed by atoms with Crippen LogP contribution in [0, 0.1) is 0 Å². The van der Waals surface area contributed by atoms with E-state index in [9.17, 15) is 15.3 Å². The van der Waals surface area contributed by atoms with Crippen molar-refractivity contribution >= 4 is 11.8 Å². The van der Waals surface area contributed by atoms with Crippen molar-refractivity contribution in [2.45, 2.75) is 18.9 Å². The van der Waals surface area contributed by atoms with E-state index in [0.29, 0.717) is 18.5 Å². The zero-order valence-corrected chi connectivity index (χ0v) is 11.4. The monoisotopic (exact) mass is 271 g/mol. The summed E-state index contributed by atoms with van der Waals surface area (Å²) in [5, 5.41) is 31.6. The Morgan fingerprint density at radius 3 is 2.50 bits per heavy atom. The van der Waals surface area contributed by atoms with E-state index in [2.05, 4.69) is 5.32 Å². The van der Waals surface area contributed by atoms with Crippen LogP contribution in [0.25, 0.3) is 0 Å². The van der Waals surface area contributed by atoms with Crippen molar-refractivity contribution in [2.24, 2.45) is 0 Å². The Morgan fingerprint density at radius 1 is 1.28 bits per heavy atom. The van der Waals surface area contributed by atoms with E-state index in [0.717, 1.165) is 12.2 Å². The van der Waals surface area contributed by atoms with Crippen molar-refractivity contribution in [1.82, 2.24) is 5.32 Å². The maximum absolute atomic E-state index is 9.61. The van der Waals surface area contributed by atoms with Gasteiger partial charge in [0.25, 0.3) is 0 Å². The van der Waals surface area contributed by atoms with E-state index in [-0.39, 0.29) is 24.1 Å². The van der Waals surface area contributed by atoms with E-state index in [1.54, 1.807) is 30.0 Å². The molecule has 0 saturated carbocycles. The summed E-state index contributed by atoms with van der Waals surface area (Å²) in [5.41, 5.74) is 0.548. The number of aliphatic hydroxyl groups is 1. The number of phenolic OH excluding ortho intramolecular Hbond substituents is 2. The van der Waals surface area contributed by atoms with Crippen LogP contribution in [0.15, 0.2) is 18.2 Å². The third-order valence-corrected chi connectivity index (χ3v) is 3.47. The largest absolute Gasteiger partial charge is 0.508 e. The zero-order valence-electron chi connectivity index (χ0n) is 10.6. The average Bonchev–Trinajstić information content (AvgIpc) is 2.36. The van der Waals surface area contributed by atoms with Gasteiger partial charge in [-0.1, -0.05) is 6.07 Å². The third-order valence-electron chi connectivity index (χ3n) is 2.83. The molecule has 102 valence electrons. The van der Waals surface area contributed by atoms with Crippen LogP contribution in [0.1, 0.15) is 12.0 Å². The average molecular weight is 271 g/mol. The van der Waals surface area contributed by atoms with Crippen LogP contribution < -0.4 is 5.32 Å². The highest BCUT2D eigenvalue weighted by Gasteiger charge is 2.09. The Morgan fingerprint density at radius 2 is 1.94 bits per heavy atom. The lowest BCUT2D eigenvalue weighted by Gasteiger charge is -2.16. The minimum Gasteiger partial charge on any atom is -0.508 e. The summed E-state index contributed by atoms with van der Waals surface area (Å²) in [5.74, 6) is 1.22. The Balaban J connectivity index is 2.40. The van der Waals surface area contributed by atoms with E-state index in [1.807, 2.05) is 6.26 Å². The van der Waals surface area contributed by atoms with Crippen LogP contribution in [0.3, 0.4) is 0 Å². The molecule has 0 saturated heterocycles. The molecule has 1 rings (SSSR count). The van der Waals surface area contributed by atoms with Crippen LogP contribution in [0.4, 0.5) is 0 Å². The molecule has 0 bridgehead atoms. The molecular formula is C13H21NO3S. The van der Waals surface area contributed by atoms with E-state index in [4.69, 9.17) is 0 Å². The second-order valence-corrected chi connectivity index (χ2v) is 5.13. The predicted octanol–water partition coefficient (Wildman–Crippen LogP) is 1.34. The van der Waals surface area contributed by atoms with Gasteiger partial charge in [-0.25, -0.2) is 0 Å². The highest BCUT2D eigenvalue weighted by molar-refractivity contribution is 7.98. The fourth-order valence-corrected chi connectivity index (χ4v) is 2.26. The number of hydrogen-bond acceptors (Lipinski definition) is 5. The molecule has 18 heavy (non-hydrogen) atoms. The van der Waals surface area contributed by atoms with Gasteiger partial charge in [0.2, 0.25) is 0 Å². The predicted molar refractivity (Wildman–Crippen MR) is 75.4 cm³/mol. The van der Waals surface area contributed by atoms with Crippen LogP contribution in [-0.4, -0.2) is 46.5 Å². The van der Waals surface area contributed by atoms with Crippen LogP contribution in [0.5, 0.6) is 11.5 Å². The lowest BCUT2D eigenvalue weighted by Crippen LogP contribution is -2.34. The number of benzene rings is 1. The smallest absolute Gasteiger partial charge is 0.122 e. The Kier molecular flexibility index (Phi) is 6.93. The number of rotatable bonds is 8. The molecule has 0 fully saturated rings. The minimum absolute atomic E-state index is 0.0745. The van der Waals surface area contributed by atoms with Crippen molar-refractivity contribution in [3.63, 3.8) is 0 Å². The van der Waals surface area contributed by atoms with Crippen molar-refractivity contribution in [2.75, 3.05) is 25.2 Å². The normalized spacial score (nSPS) is 12.6. The lowest BCUT2D eigenvalue weighted by atomic mass is 10.1. The van der Waals surface area contributed by atoms with Gasteiger partial charge in [0.1, 0.15) is 11.5 Å². The summed E-state index contributed by atoms with van der Waals surface area (Å²) in [6.07, 6.45) is 3.48. The molecule has 4 nitrogen and oxygen atoms in total. The molecule has 4 N–H and O–H groups in total. The summed E-state index contributed by atoms with van der Waals surface area (Å²) in [6.45, 7) is 0.720. The molecule has 0 amide bonds. The summed E-state index contributed by atoms with van der Waals surface area (Å²) < 4.78 is 0. The van der Waals surface area contributed by atoms with Gasteiger partial charge >= 0.3 is 0 Å². The molecule has 0 aliphatic carbocycles. The number of aromatic hydroxyl groups is 2. The first-order chi connectivity index (χ1) is 8.69. The van der Waals surface area contributed by atoms with Gasteiger partial charge in [0, 0.05) is 11.6 Å². The Hall–Kier alpha value is -0.910. The van der Waals surface area contributed by atoms with Gasteiger partial charge in [-0.3, -0.25) is 0 Å². The topological polar surface area (TPSA) is 72.7 Å². The summed E-state index contributed by atoms with van der Waals surface area (Å²) >= 11 is 1.75. The van der Waals surface area contributed by atoms with E-state index in [1.165, 1.54) is 0 Å². The molecule has 0 heterocycles. The SMILES string of the molecule is CSCC[C@@H](CO)NCCc1c(O)cccc1O. The van der Waals surface area contributed by atoms with Gasteiger partial charge in [-0.05, 0) is 43.5 Å². The fourth-order valence-electron chi connectivity index (χ4n) is 1.74. The number of thioether (sulfide) groups is 1. The highest BCUT2D eigenvalue weighted by atomic mass is 32.2. The first-order valence-corrected chi connectivity index (χ1v) is 7.41. The molecule has 1 atom stereocenters. The number of phenols is 2.